The van der Waals surface area contributed by atoms with Gasteiger partial charge in [0.1, 0.15) is 17.2 Å². The smallest absolute Gasteiger partial charge is 0.157 e. The number of halogens is 1. The lowest BCUT2D eigenvalue weighted by molar-refractivity contribution is 0.282. The number of aliphatic hydroxyl groups excluding tert-OH is 1. The summed E-state index contributed by atoms with van der Waals surface area (Å²) in [6, 6.07) is 0. The van der Waals surface area contributed by atoms with Gasteiger partial charge in [-0.25, -0.2) is 14.4 Å². The molecule has 0 unspecified atom stereocenters. The minimum absolute atomic E-state index is 0.226. The molecule has 0 saturated heterocycles. The van der Waals surface area contributed by atoms with Gasteiger partial charge in [0.05, 0.1) is 12.0 Å². The second-order valence-corrected chi connectivity index (χ2v) is 13.6. The fourth-order valence-electron chi connectivity index (χ4n) is 5.94. The molecule has 1 heterocycles. The summed E-state index contributed by atoms with van der Waals surface area (Å²) in [6.45, 7) is 31.6. The van der Waals surface area contributed by atoms with Gasteiger partial charge in [0.15, 0.2) is 5.82 Å². The molecule has 1 aliphatic rings. The standard InChI is InChI=1S/C34H48FN3O.C6H14.C2H6/c1-12-21(6)23(8)28(22(7)20(4)5)24(9)29-25(13-2)26(19-39)30-32(31(29)35)36-27(37-33(30)38(10)11)15-16-34(14-3)17-18-34;1-4-6(3)5-2;1-2/h12,39H,9,13-19H2,1-8,10-11H3;6H,4-5H2,1-3H3;1-2H3/b21-12-,28-23-;;. The van der Waals surface area contributed by atoms with Crippen LogP contribution in [-0.2, 0) is 19.4 Å². The summed E-state index contributed by atoms with van der Waals surface area (Å²) in [7, 11) is 3.83. The number of aryl methyl sites for hydroxylation is 1. The fourth-order valence-corrected chi connectivity index (χ4v) is 5.94. The molecule has 0 spiro atoms. The van der Waals surface area contributed by atoms with Gasteiger partial charge in [0.2, 0.25) is 0 Å². The Hall–Kier alpha value is -2.79. The highest BCUT2D eigenvalue weighted by molar-refractivity contribution is 5.99. The minimum atomic E-state index is -0.377. The van der Waals surface area contributed by atoms with Crippen LogP contribution in [0.25, 0.3) is 16.5 Å². The first-order chi connectivity index (χ1) is 22.2. The Morgan fingerprint density at radius 2 is 1.55 bits per heavy atom. The number of rotatable bonds is 13. The number of nitrogens with zero attached hydrogens (tertiary/aromatic N) is 3. The first-order valence-corrected chi connectivity index (χ1v) is 18.2. The lowest BCUT2D eigenvalue weighted by atomic mass is 9.82. The van der Waals surface area contributed by atoms with E-state index in [-0.39, 0.29) is 17.9 Å². The number of allylic oxidation sites excluding steroid dienone is 7. The van der Waals surface area contributed by atoms with Crippen molar-refractivity contribution in [1.82, 2.24) is 9.97 Å². The van der Waals surface area contributed by atoms with E-state index in [1.807, 2.05) is 46.7 Å². The number of benzene rings is 1. The molecule has 47 heavy (non-hydrogen) atoms. The lowest BCUT2D eigenvalue weighted by Crippen LogP contribution is -2.17. The Balaban J connectivity index is 0.00000124. The topological polar surface area (TPSA) is 49.2 Å². The predicted octanol–water partition coefficient (Wildman–Crippen LogP) is 12.1. The summed E-state index contributed by atoms with van der Waals surface area (Å²) in [5.74, 6) is 1.87. The van der Waals surface area contributed by atoms with E-state index < -0.39 is 0 Å². The maximum absolute atomic E-state index is 16.9. The SMILES string of the molecule is C=C(/C(C(C)=C(C)C)=C(C)\C(C)=C/C)c1c(CC)c(CO)c2c(N(C)C)nc(CCC3(CC)CC3)nc2c1F.CC.CCC(C)CC. The van der Waals surface area contributed by atoms with Crippen LogP contribution in [0.5, 0.6) is 0 Å². The van der Waals surface area contributed by atoms with Crippen LogP contribution in [0.15, 0.2) is 40.5 Å². The van der Waals surface area contributed by atoms with Gasteiger partial charge in [0.25, 0.3) is 0 Å². The summed E-state index contributed by atoms with van der Waals surface area (Å²) in [5.41, 5.74) is 8.57. The van der Waals surface area contributed by atoms with Gasteiger partial charge < -0.3 is 10.0 Å². The average Bonchev–Trinajstić information content (AvgIpc) is 3.87. The lowest BCUT2D eigenvalue weighted by Gasteiger charge is -2.25. The van der Waals surface area contributed by atoms with Crippen LogP contribution in [0.1, 0.15) is 151 Å². The molecule has 1 N–H and O–H groups in total. The first-order valence-electron chi connectivity index (χ1n) is 18.2. The third-order valence-corrected chi connectivity index (χ3v) is 10.4. The van der Waals surface area contributed by atoms with Gasteiger partial charge in [-0.05, 0) is 112 Å². The quantitative estimate of drug-likeness (QED) is 0.219. The minimum Gasteiger partial charge on any atom is -0.392 e. The van der Waals surface area contributed by atoms with Crippen LogP contribution in [0, 0.1) is 17.2 Å². The van der Waals surface area contributed by atoms with E-state index in [0.717, 1.165) is 52.2 Å². The van der Waals surface area contributed by atoms with Crippen molar-refractivity contribution in [3.63, 3.8) is 0 Å². The fraction of sp³-hybridized carbons (Fsp3) is 0.619. The van der Waals surface area contributed by atoms with Crippen molar-refractivity contribution in [3.8, 4) is 0 Å². The summed E-state index contributed by atoms with van der Waals surface area (Å²) in [5, 5.41) is 11.3. The van der Waals surface area contributed by atoms with Crippen molar-refractivity contribution >= 4 is 22.3 Å². The highest BCUT2D eigenvalue weighted by Crippen LogP contribution is 2.52. The zero-order chi connectivity index (χ0) is 36.2. The summed E-state index contributed by atoms with van der Waals surface area (Å²) >= 11 is 0. The zero-order valence-electron chi connectivity index (χ0n) is 32.9. The molecule has 4 nitrogen and oxygen atoms in total. The van der Waals surface area contributed by atoms with Crippen LogP contribution in [0.2, 0.25) is 0 Å². The molecule has 1 saturated carbocycles. The molecule has 0 atom stereocenters. The highest BCUT2D eigenvalue weighted by atomic mass is 19.1. The maximum Gasteiger partial charge on any atom is 0.157 e. The van der Waals surface area contributed by atoms with E-state index in [2.05, 4.69) is 75.0 Å². The maximum atomic E-state index is 16.9. The summed E-state index contributed by atoms with van der Waals surface area (Å²) < 4.78 is 16.9. The van der Waals surface area contributed by atoms with Gasteiger partial charge in [-0.3, -0.25) is 0 Å². The van der Waals surface area contributed by atoms with Crippen LogP contribution in [0.3, 0.4) is 0 Å². The third kappa shape index (κ3) is 10.1. The Bertz CT molecular complexity index is 1450. The molecule has 5 heteroatoms. The predicted molar refractivity (Wildman–Crippen MR) is 206 cm³/mol. The molecule has 3 rings (SSSR count). The van der Waals surface area contributed by atoms with E-state index >= 15 is 4.39 Å². The molecule has 2 aromatic rings. The molecule has 1 aliphatic carbocycles. The van der Waals surface area contributed by atoms with Crippen LogP contribution < -0.4 is 4.90 Å². The number of aliphatic hydroxyl groups is 1. The molecule has 0 bridgehead atoms. The molecule has 0 amide bonds. The summed E-state index contributed by atoms with van der Waals surface area (Å²) in [6.07, 6.45) is 10.6. The molecule has 1 aromatic heterocycles. The molecular weight excluding hydrogens is 581 g/mol. The van der Waals surface area contributed by atoms with Gasteiger partial charge >= 0.3 is 0 Å². The van der Waals surface area contributed by atoms with Crippen molar-refractivity contribution in [2.24, 2.45) is 11.3 Å². The summed E-state index contributed by atoms with van der Waals surface area (Å²) in [4.78, 5) is 11.7. The molecule has 0 radical (unpaired) electrons. The number of aromatic nitrogens is 2. The van der Waals surface area contributed by atoms with Crippen molar-refractivity contribution in [2.75, 3.05) is 19.0 Å². The van der Waals surface area contributed by atoms with Crippen LogP contribution >= 0.6 is 0 Å². The number of hydrogen-bond acceptors (Lipinski definition) is 4. The molecule has 1 fully saturated rings. The van der Waals surface area contributed by atoms with Crippen molar-refractivity contribution < 1.29 is 9.50 Å². The Kier molecular flexibility index (Phi) is 17.3. The Labute approximate surface area is 288 Å². The van der Waals surface area contributed by atoms with Gasteiger partial charge in [-0.1, -0.05) is 91.5 Å². The van der Waals surface area contributed by atoms with Crippen LogP contribution in [-0.4, -0.2) is 29.2 Å². The van der Waals surface area contributed by atoms with E-state index in [1.54, 1.807) is 0 Å². The molecule has 1 aromatic carbocycles. The number of fused-ring (bicyclic) bond motifs is 1. The third-order valence-electron chi connectivity index (χ3n) is 10.4. The van der Waals surface area contributed by atoms with E-state index in [4.69, 9.17) is 9.97 Å². The average molecular weight is 650 g/mol. The van der Waals surface area contributed by atoms with E-state index in [1.165, 1.54) is 25.7 Å². The first kappa shape index (κ1) is 42.2. The Morgan fingerprint density at radius 1 is 0.979 bits per heavy atom. The van der Waals surface area contributed by atoms with Crippen molar-refractivity contribution in [3.05, 3.63) is 68.9 Å². The monoisotopic (exact) mass is 650 g/mol. The van der Waals surface area contributed by atoms with Gasteiger partial charge in [0, 0.05) is 26.1 Å². The van der Waals surface area contributed by atoms with Crippen molar-refractivity contribution in [1.29, 1.82) is 0 Å². The largest absolute Gasteiger partial charge is 0.392 e. The Morgan fingerprint density at radius 3 is 1.94 bits per heavy atom. The molecule has 0 aliphatic heterocycles. The second-order valence-electron chi connectivity index (χ2n) is 13.6. The normalized spacial score (nSPS) is 14.1. The zero-order valence-corrected chi connectivity index (χ0v) is 32.9. The second kappa shape index (κ2) is 19.3. The van der Waals surface area contributed by atoms with Crippen LogP contribution in [0.4, 0.5) is 10.2 Å². The van der Waals surface area contributed by atoms with Gasteiger partial charge in [-0.15, -0.1) is 0 Å². The number of anilines is 1. The van der Waals surface area contributed by atoms with Crippen molar-refractivity contribution in [2.45, 2.75) is 148 Å². The highest BCUT2D eigenvalue weighted by Gasteiger charge is 2.40. The van der Waals surface area contributed by atoms with E-state index in [9.17, 15) is 5.11 Å². The molecule has 264 valence electrons. The number of hydrogen-bond donors (Lipinski definition) is 1. The molecular formula is C42H68FN3O. The van der Waals surface area contributed by atoms with Gasteiger partial charge in [-0.2, -0.15) is 0 Å². The van der Waals surface area contributed by atoms with E-state index in [0.29, 0.717) is 52.0 Å².